The lowest BCUT2D eigenvalue weighted by Crippen LogP contribution is -2.37. The number of amides is 1. The van der Waals surface area contributed by atoms with Crippen molar-refractivity contribution in [3.05, 3.63) is 35.9 Å². The van der Waals surface area contributed by atoms with Crippen molar-refractivity contribution in [2.24, 2.45) is 11.7 Å². The Balaban J connectivity index is 2.00. The van der Waals surface area contributed by atoms with Crippen molar-refractivity contribution >= 4 is 5.91 Å². The Morgan fingerprint density at radius 1 is 1.40 bits per heavy atom. The molecule has 1 aliphatic rings. The lowest BCUT2D eigenvalue weighted by Gasteiger charge is -2.25. The summed E-state index contributed by atoms with van der Waals surface area (Å²) in [5.41, 5.74) is 6.74. The van der Waals surface area contributed by atoms with Gasteiger partial charge >= 0.3 is 0 Å². The normalized spacial score (nSPS) is 21.9. The van der Waals surface area contributed by atoms with E-state index in [0.717, 1.165) is 24.9 Å². The molecule has 2 N–H and O–H groups in total. The molecule has 4 heteroatoms. The standard InChI is InChI=1S/C16H24N2O2/c1-13-10-15(12-20-13)16(19)18(9-5-8-17)11-14-6-3-2-4-7-14/h2-4,6-7,13,15H,5,8-12,17H2,1H3. The van der Waals surface area contributed by atoms with E-state index in [-0.39, 0.29) is 17.9 Å². The molecule has 2 atom stereocenters. The van der Waals surface area contributed by atoms with E-state index in [0.29, 0.717) is 19.7 Å². The van der Waals surface area contributed by atoms with Crippen LogP contribution < -0.4 is 5.73 Å². The zero-order valence-electron chi connectivity index (χ0n) is 12.1. The molecule has 2 unspecified atom stereocenters. The van der Waals surface area contributed by atoms with Crippen molar-refractivity contribution in [3.8, 4) is 0 Å². The maximum atomic E-state index is 12.6. The molecule has 0 aliphatic carbocycles. The second-order valence-corrected chi connectivity index (χ2v) is 5.46. The molecular formula is C16H24N2O2. The summed E-state index contributed by atoms with van der Waals surface area (Å²) in [4.78, 5) is 14.5. The highest BCUT2D eigenvalue weighted by atomic mass is 16.5. The second kappa shape index (κ2) is 7.41. The third-order valence-electron chi connectivity index (χ3n) is 3.71. The molecule has 1 saturated heterocycles. The largest absolute Gasteiger partial charge is 0.378 e. The molecule has 110 valence electrons. The molecular weight excluding hydrogens is 252 g/mol. The fraction of sp³-hybridized carbons (Fsp3) is 0.562. The smallest absolute Gasteiger partial charge is 0.228 e. The molecule has 1 aliphatic heterocycles. The van der Waals surface area contributed by atoms with E-state index >= 15 is 0 Å². The summed E-state index contributed by atoms with van der Waals surface area (Å²) in [6.45, 7) is 4.55. The van der Waals surface area contributed by atoms with Crippen LogP contribution in [0.4, 0.5) is 0 Å². The Morgan fingerprint density at radius 3 is 2.75 bits per heavy atom. The zero-order valence-corrected chi connectivity index (χ0v) is 12.1. The van der Waals surface area contributed by atoms with E-state index in [9.17, 15) is 4.79 Å². The first-order valence-electron chi connectivity index (χ1n) is 7.35. The predicted molar refractivity (Wildman–Crippen MR) is 79.1 cm³/mol. The summed E-state index contributed by atoms with van der Waals surface area (Å²) >= 11 is 0. The monoisotopic (exact) mass is 276 g/mol. The van der Waals surface area contributed by atoms with Gasteiger partial charge in [0.05, 0.1) is 18.6 Å². The molecule has 1 amide bonds. The van der Waals surface area contributed by atoms with E-state index in [1.807, 2.05) is 30.0 Å². The minimum absolute atomic E-state index is 0.00601. The molecule has 0 bridgehead atoms. The third kappa shape index (κ3) is 4.05. The van der Waals surface area contributed by atoms with Gasteiger partial charge in [0.15, 0.2) is 0 Å². The molecule has 1 heterocycles. The molecule has 4 nitrogen and oxygen atoms in total. The number of nitrogens with two attached hydrogens (primary N) is 1. The predicted octanol–water partition coefficient (Wildman–Crippen LogP) is 1.79. The van der Waals surface area contributed by atoms with Crippen molar-refractivity contribution in [1.29, 1.82) is 0 Å². The number of hydrogen-bond acceptors (Lipinski definition) is 3. The quantitative estimate of drug-likeness (QED) is 0.862. The first kappa shape index (κ1) is 15.0. The fourth-order valence-corrected chi connectivity index (χ4v) is 2.60. The number of hydrogen-bond donors (Lipinski definition) is 1. The highest BCUT2D eigenvalue weighted by Gasteiger charge is 2.31. The Morgan fingerprint density at radius 2 is 2.15 bits per heavy atom. The first-order chi connectivity index (χ1) is 9.70. The van der Waals surface area contributed by atoms with Crippen molar-refractivity contribution in [3.63, 3.8) is 0 Å². The Bertz CT molecular complexity index is 422. The van der Waals surface area contributed by atoms with Crippen LogP contribution in [0.3, 0.4) is 0 Å². The molecule has 0 radical (unpaired) electrons. The average Bonchev–Trinajstić information content (AvgIpc) is 2.90. The fourth-order valence-electron chi connectivity index (χ4n) is 2.60. The topological polar surface area (TPSA) is 55.6 Å². The van der Waals surface area contributed by atoms with Crippen LogP contribution in [-0.4, -0.2) is 36.6 Å². The Kier molecular flexibility index (Phi) is 5.56. The summed E-state index contributed by atoms with van der Waals surface area (Å²) in [5.74, 6) is 0.207. The number of ether oxygens (including phenoxy) is 1. The van der Waals surface area contributed by atoms with Gasteiger partial charge in [-0.2, -0.15) is 0 Å². The molecule has 2 rings (SSSR count). The van der Waals surface area contributed by atoms with E-state index in [4.69, 9.17) is 10.5 Å². The van der Waals surface area contributed by atoms with Crippen LogP contribution in [0.25, 0.3) is 0 Å². The van der Waals surface area contributed by atoms with Gasteiger partial charge < -0.3 is 15.4 Å². The van der Waals surface area contributed by atoms with E-state index in [2.05, 4.69) is 12.1 Å². The van der Waals surface area contributed by atoms with Gasteiger partial charge in [0.2, 0.25) is 5.91 Å². The van der Waals surface area contributed by atoms with Crippen molar-refractivity contribution in [1.82, 2.24) is 4.90 Å². The zero-order chi connectivity index (χ0) is 14.4. The van der Waals surface area contributed by atoms with Crippen molar-refractivity contribution < 1.29 is 9.53 Å². The van der Waals surface area contributed by atoms with Crippen LogP contribution in [-0.2, 0) is 16.1 Å². The highest BCUT2D eigenvalue weighted by Crippen LogP contribution is 2.22. The number of nitrogens with zero attached hydrogens (tertiary/aromatic N) is 1. The molecule has 0 saturated carbocycles. The van der Waals surface area contributed by atoms with Gasteiger partial charge in [-0.1, -0.05) is 30.3 Å². The number of rotatable bonds is 6. The van der Waals surface area contributed by atoms with Gasteiger partial charge in [0.1, 0.15) is 0 Å². The van der Waals surface area contributed by atoms with Crippen LogP contribution in [0.2, 0.25) is 0 Å². The SMILES string of the molecule is CC1CC(C(=O)N(CCCN)Cc2ccccc2)CO1. The number of carbonyl (C=O) groups excluding carboxylic acids is 1. The molecule has 20 heavy (non-hydrogen) atoms. The molecule has 0 aromatic heterocycles. The van der Waals surface area contributed by atoms with Crippen LogP contribution in [0.1, 0.15) is 25.3 Å². The van der Waals surface area contributed by atoms with Crippen LogP contribution in [0, 0.1) is 5.92 Å². The summed E-state index contributed by atoms with van der Waals surface area (Å²) < 4.78 is 5.52. The number of benzene rings is 1. The maximum absolute atomic E-state index is 12.6. The van der Waals surface area contributed by atoms with Gasteiger partial charge in [-0.25, -0.2) is 0 Å². The summed E-state index contributed by atoms with van der Waals surface area (Å²) in [7, 11) is 0. The first-order valence-corrected chi connectivity index (χ1v) is 7.35. The minimum Gasteiger partial charge on any atom is -0.378 e. The lowest BCUT2D eigenvalue weighted by molar-refractivity contribution is -0.136. The summed E-state index contributed by atoms with van der Waals surface area (Å²) in [6.07, 6.45) is 1.85. The minimum atomic E-state index is 0.00601. The molecule has 1 fully saturated rings. The van der Waals surface area contributed by atoms with Crippen molar-refractivity contribution in [2.75, 3.05) is 19.7 Å². The summed E-state index contributed by atoms with van der Waals surface area (Å²) in [6, 6.07) is 10.1. The Hall–Kier alpha value is -1.39. The van der Waals surface area contributed by atoms with E-state index < -0.39 is 0 Å². The second-order valence-electron chi connectivity index (χ2n) is 5.46. The number of carbonyl (C=O) groups is 1. The van der Waals surface area contributed by atoms with Gasteiger partial charge in [-0.05, 0) is 31.9 Å². The lowest BCUT2D eigenvalue weighted by atomic mass is 10.0. The van der Waals surface area contributed by atoms with Gasteiger partial charge in [-0.3, -0.25) is 4.79 Å². The van der Waals surface area contributed by atoms with Crippen LogP contribution in [0.5, 0.6) is 0 Å². The molecule has 1 aromatic rings. The van der Waals surface area contributed by atoms with Crippen LogP contribution in [0.15, 0.2) is 30.3 Å². The molecule has 1 aromatic carbocycles. The third-order valence-corrected chi connectivity index (χ3v) is 3.71. The average molecular weight is 276 g/mol. The van der Waals surface area contributed by atoms with Gasteiger partial charge in [0.25, 0.3) is 0 Å². The molecule has 0 spiro atoms. The Labute approximate surface area is 120 Å². The maximum Gasteiger partial charge on any atom is 0.228 e. The van der Waals surface area contributed by atoms with Gasteiger partial charge in [0, 0.05) is 13.1 Å². The van der Waals surface area contributed by atoms with Crippen molar-refractivity contribution in [2.45, 2.75) is 32.4 Å². The highest BCUT2D eigenvalue weighted by molar-refractivity contribution is 5.79. The van der Waals surface area contributed by atoms with Gasteiger partial charge in [-0.15, -0.1) is 0 Å². The van der Waals surface area contributed by atoms with E-state index in [1.54, 1.807) is 0 Å². The van der Waals surface area contributed by atoms with Crippen LogP contribution >= 0.6 is 0 Å². The summed E-state index contributed by atoms with van der Waals surface area (Å²) in [5, 5.41) is 0. The van der Waals surface area contributed by atoms with E-state index in [1.165, 1.54) is 0 Å².